The Labute approximate surface area is 120 Å². The van der Waals surface area contributed by atoms with Crippen molar-refractivity contribution in [3.05, 3.63) is 64.2 Å². The highest BCUT2D eigenvalue weighted by Crippen LogP contribution is 2.30. The summed E-state index contributed by atoms with van der Waals surface area (Å²) in [6.07, 6.45) is 0. The second kappa shape index (κ2) is 5.89. The number of hydrogen-bond donors (Lipinski definition) is 1. The van der Waals surface area contributed by atoms with Crippen molar-refractivity contribution in [1.29, 1.82) is 5.26 Å². The van der Waals surface area contributed by atoms with Gasteiger partial charge in [0.25, 0.3) is 0 Å². The van der Waals surface area contributed by atoms with Gasteiger partial charge < -0.3 is 5.32 Å². The Hall–Kier alpha value is -2.12. The molecular formula is C15H11ClF2N2. The van der Waals surface area contributed by atoms with Crippen LogP contribution < -0.4 is 5.32 Å². The molecule has 102 valence electrons. The molecule has 0 bridgehead atoms. The monoisotopic (exact) mass is 292 g/mol. The molecule has 0 aromatic heterocycles. The Morgan fingerprint density at radius 2 is 2.00 bits per heavy atom. The average Bonchev–Trinajstić information content (AvgIpc) is 2.42. The van der Waals surface area contributed by atoms with Crippen LogP contribution in [0.15, 0.2) is 36.4 Å². The quantitative estimate of drug-likeness (QED) is 0.893. The fourth-order valence-electron chi connectivity index (χ4n) is 1.86. The number of nitriles is 1. The van der Waals surface area contributed by atoms with Crippen molar-refractivity contribution in [1.82, 2.24) is 0 Å². The van der Waals surface area contributed by atoms with E-state index in [1.807, 2.05) is 12.1 Å². The third-order valence-electron chi connectivity index (χ3n) is 2.88. The molecule has 1 N–H and O–H groups in total. The summed E-state index contributed by atoms with van der Waals surface area (Å²) in [7, 11) is 0. The molecule has 2 nitrogen and oxygen atoms in total. The van der Waals surface area contributed by atoms with E-state index < -0.39 is 11.6 Å². The van der Waals surface area contributed by atoms with E-state index in [9.17, 15) is 8.78 Å². The highest BCUT2D eigenvalue weighted by Gasteiger charge is 2.13. The summed E-state index contributed by atoms with van der Waals surface area (Å²) < 4.78 is 26.7. The molecule has 2 aromatic rings. The van der Waals surface area contributed by atoms with Gasteiger partial charge in [-0.1, -0.05) is 23.7 Å². The number of halogens is 3. The molecule has 0 saturated heterocycles. The van der Waals surface area contributed by atoms with Crippen LogP contribution in [0.4, 0.5) is 14.5 Å². The summed E-state index contributed by atoms with van der Waals surface area (Å²) in [4.78, 5) is 0. The van der Waals surface area contributed by atoms with Crippen molar-refractivity contribution in [2.45, 2.75) is 13.0 Å². The van der Waals surface area contributed by atoms with E-state index in [0.29, 0.717) is 5.56 Å². The first kappa shape index (κ1) is 14.3. The summed E-state index contributed by atoms with van der Waals surface area (Å²) >= 11 is 5.83. The summed E-state index contributed by atoms with van der Waals surface area (Å²) in [5.41, 5.74) is 1.37. The minimum Gasteiger partial charge on any atom is -0.375 e. The van der Waals surface area contributed by atoms with Crippen LogP contribution in [0.2, 0.25) is 5.02 Å². The maximum atomic E-state index is 13.7. The van der Waals surface area contributed by atoms with Gasteiger partial charge in [0, 0.05) is 12.1 Å². The summed E-state index contributed by atoms with van der Waals surface area (Å²) in [5, 5.41) is 11.7. The lowest BCUT2D eigenvalue weighted by molar-refractivity contribution is 0.584. The summed E-state index contributed by atoms with van der Waals surface area (Å²) in [6.45, 7) is 1.80. The lowest BCUT2D eigenvalue weighted by atomic mass is 10.1. The first-order valence-electron chi connectivity index (χ1n) is 5.92. The van der Waals surface area contributed by atoms with Crippen LogP contribution >= 0.6 is 11.6 Å². The predicted octanol–water partition coefficient (Wildman–Crippen LogP) is 4.66. The van der Waals surface area contributed by atoms with E-state index in [-0.39, 0.29) is 16.8 Å². The largest absolute Gasteiger partial charge is 0.375 e. The Morgan fingerprint density at radius 3 is 2.65 bits per heavy atom. The molecule has 0 aliphatic heterocycles. The zero-order valence-corrected chi connectivity index (χ0v) is 11.4. The fourth-order valence-corrected chi connectivity index (χ4v) is 2.11. The van der Waals surface area contributed by atoms with Gasteiger partial charge in [0.1, 0.15) is 5.82 Å². The van der Waals surface area contributed by atoms with E-state index in [1.165, 1.54) is 0 Å². The number of anilines is 1. The van der Waals surface area contributed by atoms with Gasteiger partial charge in [-0.3, -0.25) is 0 Å². The van der Waals surface area contributed by atoms with Crippen LogP contribution in [0.3, 0.4) is 0 Å². The number of nitrogens with zero attached hydrogens (tertiary/aromatic N) is 1. The van der Waals surface area contributed by atoms with Crippen molar-refractivity contribution in [3.63, 3.8) is 0 Å². The topological polar surface area (TPSA) is 35.8 Å². The van der Waals surface area contributed by atoms with Crippen LogP contribution in [0, 0.1) is 23.0 Å². The van der Waals surface area contributed by atoms with Crippen LogP contribution in [-0.2, 0) is 0 Å². The van der Waals surface area contributed by atoms with E-state index in [4.69, 9.17) is 16.9 Å². The minimum absolute atomic E-state index is 0.0224. The zero-order chi connectivity index (χ0) is 14.7. The van der Waals surface area contributed by atoms with Gasteiger partial charge in [-0.2, -0.15) is 5.26 Å². The second-order valence-corrected chi connectivity index (χ2v) is 4.75. The van der Waals surface area contributed by atoms with Crippen molar-refractivity contribution in [3.8, 4) is 6.07 Å². The van der Waals surface area contributed by atoms with Crippen LogP contribution in [0.25, 0.3) is 0 Å². The maximum Gasteiger partial charge on any atom is 0.150 e. The lowest BCUT2D eigenvalue weighted by Crippen LogP contribution is -2.09. The molecule has 2 aromatic carbocycles. The van der Waals surface area contributed by atoms with Crippen LogP contribution in [0.1, 0.15) is 24.1 Å². The molecule has 0 fully saturated rings. The molecule has 0 spiro atoms. The molecule has 1 unspecified atom stereocenters. The van der Waals surface area contributed by atoms with Crippen LogP contribution in [0.5, 0.6) is 0 Å². The van der Waals surface area contributed by atoms with Crippen molar-refractivity contribution < 1.29 is 8.78 Å². The molecule has 0 aliphatic rings. The molecule has 0 aliphatic carbocycles. The minimum atomic E-state index is -0.752. The van der Waals surface area contributed by atoms with Gasteiger partial charge in [-0.15, -0.1) is 0 Å². The van der Waals surface area contributed by atoms with Gasteiger partial charge >= 0.3 is 0 Å². The average molecular weight is 293 g/mol. The Morgan fingerprint density at radius 1 is 1.25 bits per heavy atom. The van der Waals surface area contributed by atoms with Gasteiger partial charge in [-0.05, 0) is 30.7 Å². The zero-order valence-electron chi connectivity index (χ0n) is 10.6. The van der Waals surface area contributed by atoms with Gasteiger partial charge in [0.2, 0.25) is 0 Å². The Kier molecular flexibility index (Phi) is 4.21. The molecule has 0 heterocycles. The lowest BCUT2D eigenvalue weighted by Gasteiger charge is -2.17. The normalized spacial score (nSPS) is 11.8. The predicted molar refractivity (Wildman–Crippen MR) is 74.6 cm³/mol. The molecule has 0 amide bonds. The molecule has 5 heteroatoms. The van der Waals surface area contributed by atoms with E-state index in [0.717, 1.165) is 17.7 Å². The fraction of sp³-hybridized carbons (Fsp3) is 0.133. The first-order chi connectivity index (χ1) is 9.51. The van der Waals surface area contributed by atoms with Gasteiger partial charge in [0.05, 0.1) is 22.3 Å². The highest BCUT2D eigenvalue weighted by molar-refractivity contribution is 6.33. The number of benzene rings is 2. The van der Waals surface area contributed by atoms with Gasteiger partial charge in [-0.25, -0.2) is 8.78 Å². The smallest absolute Gasteiger partial charge is 0.150 e. The van der Waals surface area contributed by atoms with Crippen LogP contribution in [-0.4, -0.2) is 0 Å². The standard InChI is InChI=1S/C15H11ClF2N2/c1-9(11-4-2-3-10(5-11)8-19)20-15-13(16)6-12(17)7-14(15)18/h2-7,9,20H,1H3. The third-order valence-corrected chi connectivity index (χ3v) is 3.18. The number of rotatable bonds is 3. The molecule has 0 saturated carbocycles. The molecule has 1 atom stereocenters. The Bertz CT molecular complexity index is 657. The third kappa shape index (κ3) is 3.06. The van der Waals surface area contributed by atoms with E-state index in [1.54, 1.807) is 25.1 Å². The summed E-state index contributed by atoms with van der Waals surface area (Å²) in [5.74, 6) is -1.48. The van der Waals surface area contributed by atoms with Crippen molar-refractivity contribution in [2.75, 3.05) is 5.32 Å². The first-order valence-corrected chi connectivity index (χ1v) is 6.30. The molecule has 2 rings (SSSR count). The van der Waals surface area contributed by atoms with E-state index in [2.05, 4.69) is 5.32 Å². The van der Waals surface area contributed by atoms with Gasteiger partial charge in [0.15, 0.2) is 5.82 Å². The molecule has 0 radical (unpaired) electrons. The molecule has 20 heavy (non-hydrogen) atoms. The summed E-state index contributed by atoms with van der Waals surface area (Å²) in [6, 6.07) is 10.5. The van der Waals surface area contributed by atoms with Crippen molar-refractivity contribution >= 4 is 17.3 Å². The number of hydrogen-bond acceptors (Lipinski definition) is 2. The SMILES string of the molecule is CC(Nc1c(F)cc(F)cc1Cl)c1cccc(C#N)c1. The molecular weight excluding hydrogens is 282 g/mol. The van der Waals surface area contributed by atoms with E-state index >= 15 is 0 Å². The number of nitrogens with one attached hydrogen (secondary N) is 1. The Balaban J connectivity index is 2.28. The highest BCUT2D eigenvalue weighted by atomic mass is 35.5. The second-order valence-electron chi connectivity index (χ2n) is 4.35. The maximum absolute atomic E-state index is 13.7. The van der Waals surface area contributed by atoms with Crippen molar-refractivity contribution in [2.24, 2.45) is 0 Å².